The quantitative estimate of drug-likeness (QED) is 0.509. The standard InChI is InChI=1S/C21H25NO4S2/c1-17-9-11-19(12-10-17)28(24,25)22-13-15-27-16-20(22)21(23)26-14-5-8-18-6-3-2-4-7-18/h2-4,6-7,9-12,20H,5,8,13-16H2,1H3/t20-/m0/s1. The van der Waals surface area contributed by atoms with Crippen molar-refractivity contribution in [2.75, 3.05) is 24.7 Å². The predicted octanol–water partition coefficient (Wildman–Crippen LogP) is 3.28. The Balaban J connectivity index is 1.62. The van der Waals surface area contributed by atoms with Crippen molar-refractivity contribution in [2.45, 2.75) is 30.7 Å². The van der Waals surface area contributed by atoms with Crippen LogP contribution in [0.1, 0.15) is 17.5 Å². The van der Waals surface area contributed by atoms with Crippen LogP contribution in [0.25, 0.3) is 0 Å². The van der Waals surface area contributed by atoms with Gasteiger partial charge in [-0.25, -0.2) is 8.42 Å². The number of ether oxygens (including phenoxy) is 1. The number of esters is 1. The fourth-order valence-corrected chi connectivity index (χ4v) is 5.92. The predicted molar refractivity (Wildman–Crippen MR) is 112 cm³/mol. The molecule has 1 saturated heterocycles. The Kier molecular flexibility index (Phi) is 7.15. The summed E-state index contributed by atoms with van der Waals surface area (Å²) in [4.78, 5) is 12.8. The molecule has 1 aliphatic rings. The summed E-state index contributed by atoms with van der Waals surface area (Å²) in [6.45, 7) is 2.50. The molecule has 150 valence electrons. The number of hydrogen-bond donors (Lipinski definition) is 0. The molecule has 0 aromatic heterocycles. The van der Waals surface area contributed by atoms with Crippen LogP contribution in [-0.4, -0.2) is 49.4 Å². The average Bonchev–Trinajstić information content (AvgIpc) is 2.72. The first-order valence-electron chi connectivity index (χ1n) is 9.35. The second-order valence-electron chi connectivity index (χ2n) is 6.78. The molecule has 0 bridgehead atoms. The average molecular weight is 420 g/mol. The van der Waals surface area contributed by atoms with Gasteiger partial charge in [0.25, 0.3) is 0 Å². The minimum absolute atomic E-state index is 0.215. The fourth-order valence-electron chi connectivity index (χ4n) is 3.10. The van der Waals surface area contributed by atoms with E-state index in [4.69, 9.17) is 4.74 Å². The molecular weight excluding hydrogens is 394 g/mol. The van der Waals surface area contributed by atoms with Gasteiger partial charge in [-0.3, -0.25) is 4.79 Å². The number of aryl methyl sites for hydroxylation is 2. The highest BCUT2D eigenvalue weighted by atomic mass is 32.2. The summed E-state index contributed by atoms with van der Waals surface area (Å²) >= 11 is 1.58. The van der Waals surface area contributed by atoms with E-state index in [-0.39, 0.29) is 11.5 Å². The molecule has 1 atom stereocenters. The van der Waals surface area contributed by atoms with Gasteiger partial charge in [0.2, 0.25) is 10.0 Å². The van der Waals surface area contributed by atoms with Gasteiger partial charge in [-0.15, -0.1) is 0 Å². The van der Waals surface area contributed by atoms with E-state index in [0.717, 1.165) is 12.0 Å². The van der Waals surface area contributed by atoms with Crippen molar-refractivity contribution in [3.8, 4) is 0 Å². The van der Waals surface area contributed by atoms with Gasteiger partial charge in [0.05, 0.1) is 11.5 Å². The number of rotatable bonds is 7. The highest BCUT2D eigenvalue weighted by molar-refractivity contribution is 7.99. The van der Waals surface area contributed by atoms with E-state index in [1.54, 1.807) is 36.0 Å². The van der Waals surface area contributed by atoms with Gasteiger partial charge in [-0.05, 0) is 37.5 Å². The molecule has 1 aliphatic heterocycles. The Hall–Kier alpha value is -1.83. The first-order valence-corrected chi connectivity index (χ1v) is 11.9. The minimum atomic E-state index is -3.73. The third-order valence-corrected chi connectivity index (χ3v) is 7.62. The van der Waals surface area contributed by atoms with E-state index in [1.807, 2.05) is 37.3 Å². The van der Waals surface area contributed by atoms with E-state index in [2.05, 4.69) is 0 Å². The van der Waals surface area contributed by atoms with E-state index >= 15 is 0 Å². The summed E-state index contributed by atoms with van der Waals surface area (Å²) in [7, 11) is -3.73. The Morgan fingerprint density at radius 3 is 2.57 bits per heavy atom. The Morgan fingerprint density at radius 1 is 1.14 bits per heavy atom. The minimum Gasteiger partial charge on any atom is -0.464 e. The summed E-state index contributed by atoms with van der Waals surface area (Å²) in [6, 6.07) is 15.9. The Labute approximate surface area is 171 Å². The molecule has 0 saturated carbocycles. The molecule has 0 radical (unpaired) electrons. The maximum Gasteiger partial charge on any atom is 0.325 e. The summed E-state index contributed by atoms with van der Waals surface area (Å²) in [5, 5.41) is 0. The van der Waals surface area contributed by atoms with E-state index in [9.17, 15) is 13.2 Å². The molecule has 0 amide bonds. The number of carbonyl (C=O) groups excluding carboxylic acids is 1. The first-order chi connectivity index (χ1) is 13.5. The van der Waals surface area contributed by atoms with Crippen LogP contribution >= 0.6 is 11.8 Å². The second-order valence-corrected chi connectivity index (χ2v) is 9.82. The first kappa shape index (κ1) is 20.9. The third-order valence-electron chi connectivity index (χ3n) is 4.68. The molecule has 1 fully saturated rings. The maximum atomic E-state index is 13.0. The lowest BCUT2D eigenvalue weighted by atomic mass is 10.1. The van der Waals surface area contributed by atoms with Gasteiger partial charge in [-0.2, -0.15) is 16.1 Å². The van der Waals surface area contributed by atoms with Crippen molar-refractivity contribution in [1.82, 2.24) is 4.31 Å². The summed E-state index contributed by atoms with van der Waals surface area (Å²) in [5.41, 5.74) is 2.18. The number of sulfonamides is 1. The van der Waals surface area contributed by atoms with E-state index < -0.39 is 22.0 Å². The van der Waals surface area contributed by atoms with E-state index in [1.165, 1.54) is 9.87 Å². The van der Waals surface area contributed by atoms with Crippen LogP contribution in [0, 0.1) is 6.92 Å². The molecule has 0 unspecified atom stereocenters. The highest BCUT2D eigenvalue weighted by Gasteiger charge is 2.38. The van der Waals surface area contributed by atoms with Crippen molar-refractivity contribution in [3.63, 3.8) is 0 Å². The molecule has 7 heteroatoms. The fraction of sp³-hybridized carbons (Fsp3) is 0.381. The van der Waals surface area contributed by atoms with Crippen LogP contribution in [0.15, 0.2) is 59.5 Å². The summed E-state index contributed by atoms with van der Waals surface area (Å²) < 4.78 is 32.8. The van der Waals surface area contributed by atoms with Crippen molar-refractivity contribution in [3.05, 3.63) is 65.7 Å². The van der Waals surface area contributed by atoms with Gasteiger partial charge in [-0.1, -0.05) is 48.0 Å². The molecule has 2 aromatic carbocycles. The van der Waals surface area contributed by atoms with Gasteiger partial charge < -0.3 is 4.74 Å². The molecule has 0 aliphatic carbocycles. The van der Waals surface area contributed by atoms with Crippen molar-refractivity contribution in [1.29, 1.82) is 0 Å². The number of nitrogens with zero attached hydrogens (tertiary/aromatic N) is 1. The molecule has 28 heavy (non-hydrogen) atoms. The molecule has 1 heterocycles. The number of hydrogen-bond acceptors (Lipinski definition) is 5. The van der Waals surface area contributed by atoms with Crippen LogP contribution in [0.5, 0.6) is 0 Å². The van der Waals surface area contributed by atoms with Gasteiger partial charge in [0.1, 0.15) is 6.04 Å². The summed E-state index contributed by atoms with van der Waals surface area (Å²) in [5.74, 6) is 0.627. The number of benzene rings is 2. The van der Waals surface area contributed by atoms with Crippen molar-refractivity contribution < 1.29 is 17.9 Å². The molecule has 5 nitrogen and oxygen atoms in total. The Bertz CT molecular complexity index is 882. The number of carbonyl (C=O) groups is 1. The van der Waals surface area contributed by atoms with Gasteiger partial charge >= 0.3 is 5.97 Å². The van der Waals surface area contributed by atoms with Crippen LogP contribution in [-0.2, 0) is 26.0 Å². The molecule has 3 rings (SSSR count). The zero-order valence-electron chi connectivity index (χ0n) is 15.9. The molecular formula is C21H25NO4S2. The number of thioether (sulfide) groups is 1. The van der Waals surface area contributed by atoms with Crippen molar-refractivity contribution >= 4 is 27.8 Å². The topological polar surface area (TPSA) is 63.7 Å². The molecule has 0 spiro atoms. The van der Waals surface area contributed by atoms with Crippen LogP contribution < -0.4 is 0 Å². The zero-order chi connectivity index (χ0) is 20.0. The smallest absolute Gasteiger partial charge is 0.325 e. The van der Waals surface area contributed by atoms with Gasteiger partial charge in [0, 0.05) is 18.1 Å². The lowest BCUT2D eigenvalue weighted by Gasteiger charge is -2.32. The highest BCUT2D eigenvalue weighted by Crippen LogP contribution is 2.25. The summed E-state index contributed by atoms with van der Waals surface area (Å²) in [6.07, 6.45) is 1.53. The maximum absolute atomic E-state index is 13.0. The largest absolute Gasteiger partial charge is 0.464 e. The lowest BCUT2D eigenvalue weighted by Crippen LogP contribution is -2.50. The van der Waals surface area contributed by atoms with Crippen LogP contribution in [0.3, 0.4) is 0 Å². The van der Waals surface area contributed by atoms with Crippen LogP contribution in [0.2, 0.25) is 0 Å². The van der Waals surface area contributed by atoms with E-state index in [0.29, 0.717) is 24.5 Å². The molecule has 2 aromatic rings. The SMILES string of the molecule is Cc1ccc(S(=O)(=O)N2CCSC[C@H]2C(=O)OCCCc2ccccc2)cc1. The van der Waals surface area contributed by atoms with Crippen molar-refractivity contribution in [2.24, 2.45) is 0 Å². The second kappa shape index (κ2) is 9.58. The third kappa shape index (κ3) is 5.16. The lowest BCUT2D eigenvalue weighted by molar-refractivity contribution is -0.147. The zero-order valence-corrected chi connectivity index (χ0v) is 17.5. The monoisotopic (exact) mass is 419 g/mol. The normalized spacial score (nSPS) is 18.0. The van der Waals surface area contributed by atoms with Crippen LogP contribution in [0.4, 0.5) is 0 Å². The van der Waals surface area contributed by atoms with Gasteiger partial charge in [0.15, 0.2) is 0 Å². The molecule has 0 N–H and O–H groups in total. The Morgan fingerprint density at radius 2 is 1.86 bits per heavy atom.